The molecule has 0 saturated heterocycles. The minimum Gasteiger partial charge on any atom is -0.411 e. The molecule has 8 nitrogen and oxygen atoms in total. The highest BCUT2D eigenvalue weighted by Crippen LogP contribution is 2.39. The molecule has 33 heavy (non-hydrogen) atoms. The van der Waals surface area contributed by atoms with Crippen molar-refractivity contribution in [3.8, 4) is 11.3 Å². The van der Waals surface area contributed by atoms with Gasteiger partial charge in [-0.3, -0.25) is 4.68 Å². The molecule has 1 N–H and O–H groups in total. The van der Waals surface area contributed by atoms with Crippen LogP contribution in [0.15, 0.2) is 36.1 Å². The van der Waals surface area contributed by atoms with Crippen LogP contribution in [0.3, 0.4) is 0 Å². The van der Waals surface area contributed by atoms with Crippen LogP contribution in [0.2, 0.25) is 25.7 Å². The minimum atomic E-state index is -1.10. The Balaban J connectivity index is 1.50. The van der Waals surface area contributed by atoms with E-state index in [1.54, 1.807) is 12.5 Å². The number of rotatable bonds is 10. The quantitative estimate of drug-likeness (QED) is 0.141. The average Bonchev–Trinajstić information content (AvgIpc) is 3.52. The molecule has 0 aliphatic heterocycles. The highest BCUT2D eigenvalue weighted by molar-refractivity contribution is 6.76. The molecule has 0 amide bonds. The first-order chi connectivity index (χ1) is 15.9. The van der Waals surface area contributed by atoms with Gasteiger partial charge >= 0.3 is 0 Å². The molecule has 3 aromatic heterocycles. The van der Waals surface area contributed by atoms with Crippen molar-refractivity contribution in [1.29, 1.82) is 0 Å². The molecule has 178 valence electrons. The monoisotopic (exact) mass is 468 g/mol. The van der Waals surface area contributed by atoms with Gasteiger partial charge in [0.1, 0.15) is 18.7 Å². The van der Waals surface area contributed by atoms with Crippen LogP contribution in [0.1, 0.15) is 38.6 Å². The Morgan fingerprint density at radius 3 is 2.91 bits per heavy atom. The predicted octanol–water partition coefficient (Wildman–Crippen LogP) is 5.43. The molecule has 4 rings (SSSR count). The van der Waals surface area contributed by atoms with Crippen molar-refractivity contribution in [2.45, 2.75) is 71.1 Å². The molecule has 1 fully saturated rings. The van der Waals surface area contributed by atoms with Crippen molar-refractivity contribution in [3.63, 3.8) is 0 Å². The predicted molar refractivity (Wildman–Crippen MR) is 133 cm³/mol. The Morgan fingerprint density at radius 2 is 2.15 bits per heavy atom. The number of oxime groups is 1. The first kappa shape index (κ1) is 23.6. The summed E-state index contributed by atoms with van der Waals surface area (Å²) in [7, 11) is -1.10. The molecule has 3 atom stereocenters. The average molecular weight is 469 g/mol. The number of hydrogen-bond acceptors (Lipinski definition) is 6. The van der Waals surface area contributed by atoms with E-state index in [1.807, 2.05) is 17.0 Å². The lowest BCUT2D eigenvalue weighted by Crippen LogP contribution is -2.22. The molecule has 0 radical (unpaired) electrons. The fraction of sp³-hybridized carbons (Fsp3) is 0.583. The summed E-state index contributed by atoms with van der Waals surface area (Å²) in [6.45, 7) is 10.6. The third-order valence-corrected chi connectivity index (χ3v) is 8.46. The van der Waals surface area contributed by atoms with Crippen LogP contribution in [-0.4, -0.2) is 50.4 Å². The second-order valence-corrected chi connectivity index (χ2v) is 16.0. The van der Waals surface area contributed by atoms with Gasteiger partial charge in [-0.05, 0) is 49.6 Å². The Morgan fingerprint density at radius 1 is 1.30 bits per heavy atom. The normalized spacial score (nSPS) is 20.2. The fourth-order valence-electron chi connectivity index (χ4n) is 4.89. The van der Waals surface area contributed by atoms with Gasteiger partial charge in [-0.25, -0.2) is 9.97 Å². The van der Waals surface area contributed by atoms with Crippen molar-refractivity contribution < 1.29 is 9.94 Å². The molecule has 0 spiro atoms. The molecular formula is C24H36N6O2Si. The van der Waals surface area contributed by atoms with E-state index in [4.69, 9.17) is 15.0 Å². The lowest BCUT2D eigenvalue weighted by Gasteiger charge is -2.22. The molecule has 1 aliphatic carbocycles. The minimum absolute atomic E-state index is 0.331. The van der Waals surface area contributed by atoms with Crippen LogP contribution in [0.5, 0.6) is 0 Å². The zero-order valence-corrected chi connectivity index (χ0v) is 21.2. The summed E-state index contributed by atoms with van der Waals surface area (Å²) in [6.07, 6.45) is 13.6. The summed E-state index contributed by atoms with van der Waals surface area (Å²) < 4.78 is 10.1. The zero-order valence-electron chi connectivity index (χ0n) is 20.2. The van der Waals surface area contributed by atoms with Crippen LogP contribution < -0.4 is 0 Å². The van der Waals surface area contributed by atoms with Crippen molar-refractivity contribution in [1.82, 2.24) is 24.3 Å². The van der Waals surface area contributed by atoms with Crippen LogP contribution >= 0.6 is 0 Å². The van der Waals surface area contributed by atoms with Crippen molar-refractivity contribution in [3.05, 3.63) is 31.0 Å². The first-order valence-electron chi connectivity index (χ1n) is 12.0. The maximum Gasteiger partial charge on any atom is 0.145 e. The van der Waals surface area contributed by atoms with E-state index in [2.05, 4.69) is 58.6 Å². The highest BCUT2D eigenvalue weighted by Gasteiger charge is 2.31. The van der Waals surface area contributed by atoms with E-state index in [0.29, 0.717) is 24.6 Å². The summed E-state index contributed by atoms with van der Waals surface area (Å²) in [5.41, 5.74) is 2.79. The van der Waals surface area contributed by atoms with Crippen LogP contribution in [0, 0.1) is 11.8 Å². The SMILES string of the molecule is CCC(C1CCC(/C=N/O)C1)n1cc(-c2ncnc3c2ccn3COCC[Si](C)(C)C)cn1. The van der Waals surface area contributed by atoms with Gasteiger partial charge in [-0.2, -0.15) is 5.10 Å². The first-order valence-corrected chi connectivity index (χ1v) is 15.7. The Bertz CT molecular complexity index is 1090. The van der Waals surface area contributed by atoms with Gasteiger partial charge in [0.05, 0.1) is 17.9 Å². The van der Waals surface area contributed by atoms with E-state index in [9.17, 15) is 0 Å². The van der Waals surface area contributed by atoms with Crippen molar-refractivity contribution in [2.24, 2.45) is 17.0 Å². The van der Waals surface area contributed by atoms with Crippen molar-refractivity contribution >= 4 is 25.3 Å². The lowest BCUT2D eigenvalue weighted by molar-refractivity contribution is 0.0899. The maximum atomic E-state index is 8.87. The van der Waals surface area contributed by atoms with Crippen LogP contribution in [-0.2, 0) is 11.5 Å². The highest BCUT2D eigenvalue weighted by atomic mass is 28.3. The van der Waals surface area contributed by atoms with Gasteiger partial charge in [0.25, 0.3) is 0 Å². The molecule has 3 aromatic rings. The molecule has 3 unspecified atom stereocenters. The fourth-order valence-corrected chi connectivity index (χ4v) is 5.65. The molecule has 3 heterocycles. The molecule has 0 bridgehead atoms. The molecule has 1 aliphatic rings. The third kappa shape index (κ3) is 5.52. The number of aromatic nitrogens is 5. The number of hydrogen-bond donors (Lipinski definition) is 1. The van der Waals surface area contributed by atoms with Crippen LogP contribution in [0.25, 0.3) is 22.3 Å². The van der Waals surface area contributed by atoms with E-state index in [1.165, 1.54) is 0 Å². The topological polar surface area (TPSA) is 90.4 Å². The third-order valence-electron chi connectivity index (χ3n) is 6.75. The van der Waals surface area contributed by atoms with E-state index < -0.39 is 8.07 Å². The van der Waals surface area contributed by atoms with E-state index in [0.717, 1.165) is 60.6 Å². The molecular weight excluding hydrogens is 432 g/mol. The summed E-state index contributed by atoms with van der Waals surface area (Å²) in [6, 6.07) is 3.55. The maximum absolute atomic E-state index is 8.87. The van der Waals surface area contributed by atoms with Crippen LogP contribution in [0.4, 0.5) is 0 Å². The smallest absolute Gasteiger partial charge is 0.145 e. The second-order valence-electron chi connectivity index (χ2n) is 10.4. The van der Waals surface area contributed by atoms with E-state index >= 15 is 0 Å². The summed E-state index contributed by atoms with van der Waals surface area (Å²) in [5.74, 6) is 0.892. The van der Waals surface area contributed by atoms with Gasteiger partial charge in [-0.15, -0.1) is 5.16 Å². The Kier molecular flexibility index (Phi) is 7.28. The molecule has 9 heteroatoms. The Hall–Kier alpha value is -2.52. The summed E-state index contributed by atoms with van der Waals surface area (Å²) in [5, 5.41) is 17.9. The molecule has 0 aromatic carbocycles. The second kappa shape index (κ2) is 10.2. The van der Waals surface area contributed by atoms with Gasteiger partial charge in [-0.1, -0.05) is 26.6 Å². The number of nitrogens with zero attached hydrogens (tertiary/aromatic N) is 6. The van der Waals surface area contributed by atoms with Gasteiger partial charge in [0, 0.05) is 44.2 Å². The number of ether oxygens (including phenoxy) is 1. The van der Waals surface area contributed by atoms with Crippen molar-refractivity contribution in [2.75, 3.05) is 6.61 Å². The molecule has 1 saturated carbocycles. The van der Waals surface area contributed by atoms with Gasteiger partial charge in [0.15, 0.2) is 0 Å². The summed E-state index contributed by atoms with van der Waals surface area (Å²) in [4.78, 5) is 9.12. The van der Waals surface area contributed by atoms with E-state index in [-0.39, 0.29) is 0 Å². The Labute approximate surface area is 196 Å². The summed E-state index contributed by atoms with van der Waals surface area (Å²) >= 11 is 0. The standard InChI is InChI=1S/C24H36N6O2Si/c1-5-22(19-7-6-18(12-19)13-28-31)30-15-20(14-27-30)23-21-8-9-29(24(21)26-16-25-23)17-32-10-11-33(2,3)4/h8-9,13-16,18-19,22,31H,5-7,10-12,17H2,1-4H3/b28-13+. The largest absolute Gasteiger partial charge is 0.411 e. The number of fused-ring (bicyclic) bond motifs is 1. The zero-order chi connectivity index (χ0) is 23.4. The lowest BCUT2D eigenvalue weighted by atomic mass is 9.95. The van der Waals surface area contributed by atoms with Gasteiger partial charge in [0.2, 0.25) is 0 Å². The van der Waals surface area contributed by atoms with Gasteiger partial charge < -0.3 is 14.5 Å².